The maximum Gasteiger partial charge on any atom is 0.0329 e. The molecule has 0 spiro atoms. The van der Waals surface area contributed by atoms with Crippen molar-refractivity contribution in [1.29, 1.82) is 0 Å². The van der Waals surface area contributed by atoms with E-state index in [9.17, 15) is 0 Å². The number of hydrogen-bond acceptors (Lipinski definition) is 1. The molecule has 0 aromatic heterocycles. The van der Waals surface area contributed by atoms with Crippen molar-refractivity contribution < 1.29 is 0 Å². The molecular weight excluding hydrogens is 206 g/mol. The van der Waals surface area contributed by atoms with E-state index in [1.807, 2.05) is 0 Å². The zero-order valence-electron chi connectivity index (χ0n) is 9.89. The zero-order valence-corrected chi connectivity index (χ0v) is 9.89. The van der Waals surface area contributed by atoms with Crippen molar-refractivity contribution in [3.8, 4) is 0 Å². The van der Waals surface area contributed by atoms with E-state index in [1.165, 1.54) is 29.5 Å². The van der Waals surface area contributed by atoms with Gasteiger partial charge in [0.05, 0.1) is 0 Å². The monoisotopic (exact) mass is 223 g/mol. The summed E-state index contributed by atoms with van der Waals surface area (Å²) in [5, 5.41) is 3.65. The molecule has 1 heteroatoms. The lowest BCUT2D eigenvalue weighted by Gasteiger charge is -2.13. The number of rotatable bonds is 3. The molecule has 0 fully saturated rings. The minimum Gasteiger partial charge on any atom is -0.306 e. The molecule has 0 amide bonds. The smallest absolute Gasteiger partial charge is 0.0329 e. The highest BCUT2D eigenvalue weighted by Crippen LogP contribution is 2.30. The Morgan fingerprint density at radius 3 is 2.59 bits per heavy atom. The SMILES string of the molecule is c1ccc(CN[C@H]2CCc3ccccc32)cc1. The van der Waals surface area contributed by atoms with Crippen molar-refractivity contribution in [3.63, 3.8) is 0 Å². The number of benzene rings is 2. The van der Waals surface area contributed by atoms with E-state index in [1.54, 1.807) is 0 Å². The van der Waals surface area contributed by atoms with Crippen molar-refractivity contribution in [1.82, 2.24) is 5.32 Å². The molecule has 0 saturated heterocycles. The van der Waals surface area contributed by atoms with Crippen LogP contribution >= 0.6 is 0 Å². The Morgan fingerprint density at radius 1 is 0.941 bits per heavy atom. The maximum absolute atomic E-state index is 3.65. The minimum absolute atomic E-state index is 0.534. The first-order chi connectivity index (χ1) is 8.43. The summed E-state index contributed by atoms with van der Waals surface area (Å²) in [4.78, 5) is 0. The van der Waals surface area contributed by atoms with Gasteiger partial charge < -0.3 is 5.32 Å². The predicted molar refractivity (Wildman–Crippen MR) is 70.8 cm³/mol. The summed E-state index contributed by atoms with van der Waals surface area (Å²) in [6.45, 7) is 0.958. The topological polar surface area (TPSA) is 12.0 Å². The van der Waals surface area contributed by atoms with Gasteiger partial charge in [-0.3, -0.25) is 0 Å². The summed E-state index contributed by atoms with van der Waals surface area (Å²) < 4.78 is 0. The standard InChI is InChI=1S/C16H17N/c1-2-6-13(7-3-1)12-17-16-11-10-14-8-4-5-9-15(14)16/h1-9,16-17H,10-12H2/t16-/m0/s1. The van der Waals surface area contributed by atoms with Gasteiger partial charge in [0.25, 0.3) is 0 Å². The Hall–Kier alpha value is -1.60. The normalized spacial score (nSPS) is 18.0. The van der Waals surface area contributed by atoms with Crippen molar-refractivity contribution in [3.05, 3.63) is 71.3 Å². The van der Waals surface area contributed by atoms with Gasteiger partial charge in [-0.25, -0.2) is 0 Å². The Bertz CT molecular complexity index is 490. The van der Waals surface area contributed by atoms with Gasteiger partial charge in [0.15, 0.2) is 0 Å². The Morgan fingerprint density at radius 2 is 1.71 bits per heavy atom. The molecule has 0 radical (unpaired) electrons. The fourth-order valence-corrected chi connectivity index (χ4v) is 2.61. The van der Waals surface area contributed by atoms with Crippen molar-refractivity contribution in [2.45, 2.75) is 25.4 Å². The highest BCUT2D eigenvalue weighted by molar-refractivity contribution is 5.34. The summed E-state index contributed by atoms with van der Waals surface area (Å²) in [5.41, 5.74) is 4.36. The van der Waals surface area contributed by atoms with Crippen LogP contribution in [0.3, 0.4) is 0 Å². The summed E-state index contributed by atoms with van der Waals surface area (Å²) in [6.07, 6.45) is 2.44. The first-order valence-corrected chi connectivity index (χ1v) is 6.28. The van der Waals surface area contributed by atoms with Crippen LogP contribution in [0, 0.1) is 0 Å². The first-order valence-electron chi connectivity index (χ1n) is 6.28. The van der Waals surface area contributed by atoms with Gasteiger partial charge in [-0.05, 0) is 29.5 Å². The van der Waals surface area contributed by atoms with Crippen LogP contribution in [0.5, 0.6) is 0 Å². The average Bonchev–Trinajstić information content (AvgIpc) is 2.81. The van der Waals surface area contributed by atoms with Gasteiger partial charge in [0, 0.05) is 12.6 Å². The van der Waals surface area contributed by atoms with E-state index in [4.69, 9.17) is 0 Å². The molecule has 0 aliphatic heterocycles. The average molecular weight is 223 g/mol. The minimum atomic E-state index is 0.534. The number of hydrogen-bond donors (Lipinski definition) is 1. The summed E-state index contributed by atoms with van der Waals surface area (Å²) in [6, 6.07) is 19.9. The van der Waals surface area contributed by atoms with Gasteiger partial charge in [0.1, 0.15) is 0 Å². The zero-order chi connectivity index (χ0) is 11.5. The van der Waals surface area contributed by atoms with Gasteiger partial charge in [0.2, 0.25) is 0 Å². The third-order valence-corrected chi connectivity index (χ3v) is 3.53. The molecule has 86 valence electrons. The highest BCUT2D eigenvalue weighted by Gasteiger charge is 2.20. The van der Waals surface area contributed by atoms with E-state index >= 15 is 0 Å². The molecule has 1 nitrogen and oxygen atoms in total. The molecule has 1 aliphatic rings. The Labute approximate surface area is 102 Å². The van der Waals surface area contributed by atoms with Gasteiger partial charge >= 0.3 is 0 Å². The molecule has 1 N–H and O–H groups in total. The van der Waals surface area contributed by atoms with Crippen molar-refractivity contribution in [2.24, 2.45) is 0 Å². The van der Waals surface area contributed by atoms with Gasteiger partial charge in [-0.1, -0.05) is 54.6 Å². The Kier molecular flexibility index (Phi) is 2.93. The maximum atomic E-state index is 3.65. The van der Waals surface area contributed by atoms with Crippen LogP contribution in [-0.2, 0) is 13.0 Å². The van der Waals surface area contributed by atoms with Crippen LogP contribution in [0.4, 0.5) is 0 Å². The number of nitrogens with one attached hydrogen (secondary N) is 1. The quantitative estimate of drug-likeness (QED) is 0.840. The summed E-state index contributed by atoms with van der Waals surface area (Å²) in [7, 11) is 0. The van der Waals surface area contributed by atoms with E-state index in [2.05, 4.69) is 59.9 Å². The van der Waals surface area contributed by atoms with Crippen LogP contribution in [0.2, 0.25) is 0 Å². The fourth-order valence-electron chi connectivity index (χ4n) is 2.61. The predicted octanol–water partition coefficient (Wildman–Crippen LogP) is 3.46. The van der Waals surface area contributed by atoms with E-state index in [-0.39, 0.29) is 0 Å². The van der Waals surface area contributed by atoms with Crippen LogP contribution in [0.25, 0.3) is 0 Å². The molecule has 2 aromatic carbocycles. The lowest BCUT2D eigenvalue weighted by molar-refractivity contribution is 0.530. The van der Waals surface area contributed by atoms with Gasteiger partial charge in [-0.15, -0.1) is 0 Å². The fraction of sp³-hybridized carbons (Fsp3) is 0.250. The van der Waals surface area contributed by atoms with Crippen LogP contribution < -0.4 is 5.32 Å². The Balaban J connectivity index is 1.68. The first kappa shape index (κ1) is 10.5. The summed E-state index contributed by atoms with van der Waals surface area (Å²) in [5.74, 6) is 0. The molecule has 0 bridgehead atoms. The van der Waals surface area contributed by atoms with E-state index < -0.39 is 0 Å². The van der Waals surface area contributed by atoms with Crippen molar-refractivity contribution >= 4 is 0 Å². The molecular formula is C16H17N. The molecule has 1 atom stereocenters. The third-order valence-electron chi connectivity index (χ3n) is 3.53. The number of aryl methyl sites for hydroxylation is 1. The number of fused-ring (bicyclic) bond motifs is 1. The summed E-state index contributed by atoms with van der Waals surface area (Å²) >= 11 is 0. The van der Waals surface area contributed by atoms with E-state index in [0.29, 0.717) is 6.04 Å². The largest absolute Gasteiger partial charge is 0.306 e. The second-order valence-electron chi connectivity index (χ2n) is 4.66. The molecule has 17 heavy (non-hydrogen) atoms. The lowest BCUT2D eigenvalue weighted by Crippen LogP contribution is -2.18. The second kappa shape index (κ2) is 4.72. The second-order valence-corrected chi connectivity index (χ2v) is 4.66. The molecule has 2 aromatic rings. The van der Waals surface area contributed by atoms with Crippen LogP contribution in [0.1, 0.15) is 29.2 Å². The van der Waals surface area contributed by atoms with Crippen molar-refractivity contribution in [2.75, 3.05) is 0 Å². The molecule has 3 rings (SSSR count). The third kappa shape index (κ3) is 2.25. The van der Waals surface area contributed by atoms with Crippen LogP contribution in [-0.4, -0.2) is 0 Å². The molecule has 0 unspecified atom stereocenters. The van der Waals surface area contributed by atoms with Gasteiger partial charge in [-0.2, -0.15) is 0 Å². The van der Waals surface area contributed by atoms with E-state index in [0.717, 1.165) is 6.54 Å². The molecule has 1 aliphatic carbocycles. The van der Waals surface area contributed by atoms with Crippen LogP contribution in [0.15, 0.2) is 54.6 Å². The molecule has 0 heterocycles. The highest BCUT2D eigenvalue weighted by atomic mass is 14.9. The molecule has 0 saturated carbocycles. The lowest BCUT2D eigenvalue weighted by atomic mass is 10.1.